The van der Waals surface area contributed by atoms with Crippen LogP contribution in [0.2, 0.25) is 0 Å². The monoisotopic (exact) mass is 871 g/mol. The molecule has 0 fully saturated rings. The van der Waals surface area contributed by atoms with Crippen molar-refractivity contribution >= 4 is 17.7 Å². The Labute approximate surface area is 359 Å². The third-order valence-electron chi connectivity index (χ3n) is 7.66. The van der Waals surface area contributed by atoms with E-state index in [1.165, 1.54) is 0 Å². The number of carbonyl (C=O) groups is 3. The van der Waals surface area contributed by atoms with Crippen molar-refractivity contribution in [3.63, 3.8) is 0 Å². The highest BCUT2D eigenvalue weighted by Crippen LogP contribution is 1.96. The molecule has 0 aromatic heterocycles. The lowest BCUT2D eigenvalue weighted by molar-refractivity contribution is -0.126. The number of nitrogens with one attached hydrogen (secondary N) is 4. The second-order valence-electron chi connectivity index (χ2n) is 13.6. The molecule has 0 radical (unpaired) electrons. The Morgan fingerprint density at radius 1 is 0.367 bits per heavy atom. The van der Waals surface area contributed by atoms with Crippen molar-refractivity contribution in [3.8, 4) is 0 Å². The van der Waals surface area contributed by atoms with Gasteiger partial charge in [0.25, 0.3) is 0 Å². The topological polar surface area (TPSA) is 210 Å². The number of carbonyl (C=O) groups excluding carboxylic acids is 3. The van der Waals surface area contributed by atoms with Gasteiger partial charge in [0.1, 0.15) is 0 Å². The van der Waals surface area contributed by atoms with Crippen LogP contribution in [0.1, 0.15) is 59.8 Å². The van der Waals surface area contributed by atoms with Gasteiger partial charge in [-0.3, -0.25) is 14.4 Å². The Morgan fingerprint density at radius 2 is 0.667 bits per heavy atom. The summed E-state index contributed by atoms with van der Waals surface area (Å²) < 4.78 is 66.0. The highest BCUT2D eigenvalue weighted by molar-refractivity contribution is 5.77. The van der Waals surface area contributed by atoms with Gasteiger partial charge < -0.3 is 78.1 Å². The molecule has 0 saturated heterocycles. The van der Waals surface area contributed by atoms with Crippen LogP contribution >= 0.6 is 0 Å². The van der Waals surface area contributed by atoms with Crippen LogP contribution in [0.3, 0.4) is 0 Å². The van der Waals surface area contributed by atoms with Gasteiger partial charge in [-0.2, -0.15) is 0 Å². The summed E-state index contributed by atoms with van der Waals surface area (Å²) in [6, 6.07) is -0.0633. The van der Waals surface area contributed by atoms with Crippen molar-refractivity contribution in [2.24, 2.45) is 0 Å². The van der Waals surface area contributed by atoms with E-state index in [2.05, 4.69) is 49.0 Å². The van der Waals surface area contributed by atoms with E-state index < -0.39 is 6.04 Å². The van der Waals surface area contributed by atoms with E-state index >= 15 is 0 Å². The summed E-state index contributed by atoms with van der Waals surface area (Å²) >= 11 is 0. The lowest BCUT2D eigenvalue weighted by Gasteiger charge is -2.19. The molecule has 19 heteroatoms. The number of hydrogen-bond acceptors (Lipinski definition) is 16. The normalized spacial score (nSPS) is 11.5. The number of amides is 3. The Morgan fingerprint density at radius 3 is 1.03 bits per heavy atom. The van der Waals surface area contributed by atoms with Gasteiger partial charge in [0.2, 0.25) is 17.7 Å². The standard InChI is InChI=1S/C41H82N4O15/c1-5-13-49-21-27-55-31-25-53-19-11-43-39(46)7-16-59-35-38(36-60-17-8-40(47)44-12-20-54-26-32-56-28-22-50-14-6-2)45-41(48)9-15-51-23-29-57-33-34-58-30-24-52-18-10-42-37(3)4/h37-38,42H,5-36H2,1-4H3,(H,43,46)(H,44,47)(H,45,48). The number of hydrogen-bond donors (Lipinski definition) is 4. The zero-order chi connectivity index (χ0) is 43.8. The van der Waals surface area contributed by atoms with Gasteiger partial charge in [-0.15, -0.1) is 0 Å². The fraction of sp³-hybridized carbons (Fsp3) is 0.927. The largest absolute Gasteiger partial charge is 0.379 e. The van der Waals surface area contributed by atoms with E-state index in [4.69, 9.17) is 56.8 Å². The summed E-state index contributed by atoms with van der Waals surface area (Å²) in [4.78, 5) is 37.2. The van der Waals surface area contributed by atoms with Crippen molar-refractivity contribution in [3.05, 3.63) is 0 Å². The van der Waals surface area contributed by atoms with Crippen molar-refractivity contribution < 1.29 is 71.2 Å². The number of ether oxygens (including phenoxy) is 12. The van der Waals surface area contributed by atoms with E-state index in [1.54, 1.807) is 0 Å². The summed E-state index contributed by atoms with van der Waals surface area (Å²) in [5.41, 5.74) is 0. The quantitative estimate of drug-likeness (QED) is 0.0626. The molecule has 356 valence electrons. The first-order valence-electron chi connectivity index (χ1n) is 21.9. The van der Waals surface area contributed by atoms with Gasteiger partial charge in [-0.1, -0.05) is 27.7 Å². The van der Waals surface area contributed by atoms with Crippen LogP contribution in [0.4, 0.5) is 0 Å². The molecule has 0 aromatic carbocycles. The van der Waals surface area contributed by atoms with Gasteiger partial charge in [0.15, 0.2) is 0 Å². The maximum Gasteiger partial charge on any atom is 0.222 e. The highest BCUT2D eigenvalue weighted by Gasteiger charge is 2.14. The summed E-state index contributed by atoms with van der Waals surface area (Å²) in [6.45, 7) is 20.0. The number of rotatable bonds is 49. The van der Waals surface area contributed by atoms with E-state index in [1.807, 2.05) is 0 Å². The fourth-order valence-electron chi connectivity index (χ4n) is 4.63. The molecule has 0 heterocycles. The first-order valence-corrected chi connectivity index (χ1v) is 21.9. The Hall–Kier alpha value is -2.11. The highest BCUT2D eigenvalue weighted by atomic mass is 16.6. The van der Waals surface area contributed by atoms with Crippen LogP contribution in [0.25, 0.3) is 0 Å². The SMILES string of the molecule is CCCOCCOCCOCCNC(=O)CCOCC(COCCC(=O)NCCOCCOCCOCCC)NC(=O)CCOCCOCCOCCOCCNC(C)C. The summed E-state index contributed by atoms with van der Waals surface area (Å²) in [5, 5.41) is 11.8. The third-order valence-corrected chi connectivity index (χ3v) is 7.66. The summed E-state index contributed by atoms with van der Waals surface area (Å²) in [7, 11) is 0. The van der Waals surface area contributed by atoms with E-state index in [9.17, 15) is 14.4 Å². The minimum atomic E-state index is -0.503. The predicted molar refractivity (Wildman–Crippen MR) is 225 cm³/mol. The molecule has 0 atom stereocenters. The van der Waals surface area contributed by atoms with Crippen LogP contribution in [0, 0.1) is 0 Å². The minimum absolute atomic E-state index is 0.114. The average molecular weight is 871 g/mol. The molecule has 0 spiro atoms. The second-order valence-corrected chi connectivity index (χ2v) is 13.6. The molecule has 19 nitrogen and oxygen atoms in total. The molecular formula is C41H82N4O15. The molecule has 0 saturated carbocycles. The van der Waals surface area contributed by atoms with Gasteiger partial charge in [0, 0.05) is 58.2 Å². The van der Waals surface area contributed by atoms with Crippen LogP contribution < -0.4 is 21.3 Å². The molecule has 0 rings (SSSR count). The maximum atomic E-state index is 12.7. The van der Waals surface area contributed by atoms with Crippen LogP contribution in [0.5, 0.6) is 0 Å². The van der Waals surface area contributed by atoms with Crippen LogP contribution in [-0.4, -0.2) is 208 Å². The van der Waals surface area contributed by atoms with Gasteiger partial charge in [-0.25, -0.2) is 0 Å². The molecular weight excluding hydrogens is 788 g/mol. The molecule has 3 amide bonds. The van der Waals surface area contributed by atoms with E-state index in [-0.39, 0.29) is 70.0 Å². The van der Waals surface area contributed by atoms with Crippen molar-refractivity contribution in [1.29, 1.82) is 0 Å². The average Bonchev–Trinajstić information content (AvgIpc) is 3.23. The molecule has 0 bridgehead atoms. The summed E-state index contributed by atoms with van der Waals surface area (Å²) in [5.74, 6) is -0.604. The molecule has 0 aromatic rings. The molecule has 60 heavy (non-hydrogen) atoms. The first-order chi connectivity index (χ1) is 29.4. The zero-order valence-corrected chi connectivity index (χ0v) is 37.4. The van der Waals surface area contributed by atoms with Crippen molar-refractivity contribution in [2.45, 2.75) is 71.9 Å². The van der Waals surface area contributed by atoms with Crippen molar-refractivity contribution in [2.75, 3.05) is 178 Å². The van der Waals surface area contributed by atoms with Gasteiger partial charge >= 0.3 is 0 Å². The van der Waals surface area contributed by atoms with Crippen LogP contribution in [0.15, 0.2) is 0 Å². The molecule has 4 N–H and O–H groups in total. The minimum Gasteiger partial charge on any atom is -0.379 e. The smallest absolute Gasteiger partial charge is 0.222 e. The third kappa shape index (κ3) is 46.9. The van der Waals surface area contributed by atoms with Gasteiger partial charge in [0.05, 0.1) is 151 Å². The van der Waals surface area contributed by atoms with Crippen LogP contribution in [-0.2, 0) is 71.2 Å². The van der Waals surface area contributed by atoms with Gasteiger partial charge in [-0.05, 0) is 12.8 Å². The zero-order valence-electron chi connectivity index (χ0n) is 37.4. The van der Waals surface area contributed by atoms with E-state index in [0.29, 0.717) is 131 Å². The molecule has 0 aliphatic heterocycles. The summed E-state index contributed by atoms with van der Waals surface area (Å²) in [6.07, 6.45) is 2.36. The fourth-order valence-corrected chi connectivity index (χ4v) is 4.63. The molecule has 0 unspecified atom stereocenters. The van der Waals surface area contributed by atoms with E-state index in [0.717, 1.165) is 32.6 Å². The maximum absolute atomic E-state index is 12.7. The first kappa shape index (κ1) is 57.9. The Balaban J connectivity index is 4.28. The second kappa shape index (κ2) is 47.9. The predicted octanol–water partition coefficient (Wildman–Crippen LogP) is 0.891. The Kier molecular flexibility index (Phi) is 46.2. The lowest BCUT2D eigenvalue weighted by Crippen LogP contribution is -2.42. The lowest BCUT2D eigenvalue weighted by atomic mass is 10.3. The molecule has 0 aliphatic carbocycles. The Bertz CT molecular complexity index is 897. The van der Waals surface area contributed by atoms with Crippen molar-refractivity contribution in [1.82, 2.24) is 21.3 Å². The molecule has 0 aliphatic rings.